The summed E-state index contributed by atoms with van der Waals surface area (Å²) in [6, 6.07) is 1.35. The second-order valence-corrected chi connectivity index (χ2v) is 7.55. The van der Waals surface area contributed by atoms with E-state index in [9.17, 15) is 14.4 Å². The third kappa shape index (κ3) is 5.56. The maximum atomic E-state index is 12.2. The summed E-state index contributed by atoms with van der Waals surface area (Å²) in [5.74, 6) is -1.16. The van der Waals surface area contributed by atoms with Crippen molar-refractivity contribution in [3.63, 3.8) is 0 Å². The Kier molecular flexibility index (Phi) is 6.99. The summed E-state index contributed by atoms with van der Waals surface area (Å²) in [6.07, 6.45) is 5.05. The molecule has 6 nitrogen and oxygen atoms in total. The molecule has 0 spiro atoms. The smallest absolute Gasteiger partial charge is 0.349 e. The van der Waals surface area contributed by atoms with Gasteiger partial charge in [-0.2, -0.15) is 0 Å². The van der Waals surface area contributed by atoms with Crippen LogP contribution >= 0.6 is 11.3 Å². The van der Waals surface area contributed by atoms with Crippen LogP contribution in [0.3, 0.4) is 0 Å². The van der Waals surface area contributed by atoms with E-state index in [0.717, 1.165) is 42.5 Å². The molecule has 1 aromatic heterocycles. The Morgan fingerprint density at radius 1 is 1.28 bits per heavy atom. The molecule has 1 saturated carbocycles. The van der Waals surface area contributed by atoms with Crippen LogP contribution in [0.1, 0.15) is 66.1 Å². The highest BCUT2D eigenvalue weighted by molar-refractivity contribution is 7.14. The third-order valence-corrected chi connectivity index (χ3v) is 5.73. The maximum Gasteiger partial charge on any atom is 0.349 e. The Bertz CT molecular complexity index is 635. The molecule has 2 rings (SSSR count). The first-order chi connectivity index (χ1) is 11.9. The van der Waals surface area contributed by atoms with Gasteiger partial charge in [0.1, 0.15) is 4.88 Å². The first-order valence-electron chi connectivity index (χ1n) is 8.82. The van der Waals surface area contributed by atoms with Crippen LogP contribution in [-0.4, -0.2) is 30.1 Å². The molecule has 0 radical (unpaired) electrons. The molecule has 0 unspecified atom stereocenters. The minimum atomic E-state index is -1.03. The van der Waals surface area contributed by atoms with E-state index in [0.29, 0.717) is 4.88 Å². The van der Waals surface area contributed by atoms with Gasteiger partial charge in [0.15, 0.2) is 6.10 Å². The van der Waals surface area contributed by atoms with Crippen LogP contribution in [0.2, 0.25) is 0 Å². The van der Waals surface area contributed by atoms with Gasteiger partial charge in [-0.1, -0.05) is 26.2 Å². The van der Waals surface area contributed by atoms with Gasteiger partial charge in [-0.15, -0.1) is 11.3 Å². The zero-order valence-corrected chi connectivity index (χ0v) is 15.8. The summed E-state index contributed by atoms with van der Waals surface area (Å²) in [5.41, 5.74) is 1.04. The lowest BCUT2D eigenvalue weighted by Crippen LogP contribution is -2.48. The second kappa shape index (κ2) is 8.99. The molecule has 1 aromatic rings. The number of imide groups is 1. The van der Waals surface area contributed by atoms with E-state index in [1.165, 1.54) is 24.7 Å². The molecule has 138 valence electrons. The Hall–Kier alpha value is -1.89. The van der Waals surface area contributed by atoms with Crippen molar-refractivity contribution >= 4 is 29.2 Å². The number of aryl methyl sites for hydroxylation is 2. The number of ether oxygens (including phenoxy) is 1. The lowest BCUT2D eigenvalue weighted by Gasteiger charge is -2.23. The fraction of sp³-hybridized carbons (Fsp3) is 0.611. The lowest BCUT2D eigenvalue weighted by atomic mass is 9.96. The molecule has 1 aliphatic carbocycles. The first-order valence-corrected chi connectivity index (χ1v) is 9.64. The number of esters is 1. The Balaban J connectivity index is 1.82. The molecule has 0 aliphatic heterocycles. The van der Waals surface area contributed by atoms with E-state index in [-0.39, 0.29) is 6.04 Å². The molecule has 7 heteroatoms. The molecule has 3 amide bonds. The Morgan fingerprint density at radius 3 is 2.56 bits per heavy atom. The number of urea groups is 1. The molecule has 1 fully saturated rings. The predicted molar refractivity (Wildman–Crippen MR) is 96.9 cm³/mol. The van der Waals surface area contributed by atoms with Gasteiger partial charge < -0.3 is 10.1 Å². The Morgan fingerprint density at radius 2 is 1.96 bits per heavy atom. The van der Waals surface area contributed by atoms with Crippen molar-refractivity contribution in [2.75, 3.05) is 0 Å². The molecular formula is C18H26N2O4S. The fourth-order valence-corrected chi connectivity index (χ4v) is 3.92. The zero-order valence-electron chi connectivity index (χ0n) is 15.0. The highest BCUT2D eigenvalue weighted by Crippen LogP contribution is 2.23. The average Bonchev–Trinajstić information content (AvgIpc) is 2.96. The minimum Gasteiger partial charge on any atom is -0.448 e. The van der Waals surface area contributed by atoms with Gasteiger partial charge in [0.25, 0.3) is 5.91 Å². The monoisotopic (exact) mass is 366 g/mol. The van der Waals surface area contributed by atoms with Crippen LogP contribution in [0.4, 0.5) is 4.79 Å². The predicted octanol–water partition coefficient (Wildman–Crippen LogP) is 3.32. The topological polar surface area (TPSA) is 84.5 Å². The van der Waals surface area contributed by atoms with E-state index in [2.05, 4.69) is 10.6 Å². The summed E-state index contributed by atoms with van der Waals surface area (Å²) >= 11 is 1.37. The largest absolute Gasteiger partial charge is 0.448 e. The SMILES string of the molecule is CCc1sc(C(=O)O[C@H](C)C(=O)NC(=O)NC2CCCCC2)cc1C. The summed E-state index contributed by atoms with van der Waals surface area (Å²) in [4.78, 5) is 37.7. The van der Waals surface area contributed by atoms with Crippen LogP contribution in [0, 0.1) is 6.92 Å². The standard InChI is InChI=1S/C18H26N2O4S/c1-4-14-11(2)10-15(25-14)17(22)24-12(3)16(21)20-18(23)19-13-8-6-5-7-9-13/h10,12-13H,4-9H2,1-3H3,(H2,19,20,21,23)/t12-/m1/s1. The summed E-state index contributed by atoms with van der Waals surface area (Å²) < 4.78 is 5.18. The van der Waals surface area contributed by atoms with Crippen LogP contribution in [0.5, 0.6) is 0 Å². The van der Waals surface area contributed by atoms with Crippen molar-refractivity contribution < 1.29 is 19.1 Å². The van der Waals surface area contributed by atoms with Crippen molar-refractivity contribution in [3.05, 3.63) is 21.4 Å². The van der Waals surface area contributed by atoms with Gasteiger partial charge in [0.05, 0.1) is 0 Å². The normalized spacial score (nSPS) is 16.1. The molecule has 1 heterocycles. The van der Waals surface area contributed by atoms with E-state index < -0.39 is 24.0 Å². The summed E-state index contributed by atoms with van der Waals surface area (Å²) in [5, 5.41) is 5.05. The number of carbonyl (C=O) groups is 3. The third-order valence-electron chi connectivity index (χ3n) is 4.37. The summed E-state index contributed by atoms with van der Waals surface area (Å²) in [6.45, 7) is 5.43. The minimum absolute atomic E-state index is 0.112. The molecule has 0 saturated heterocycles. The second-order valence-electron chi connectivity index (χ2n) is 6.42. The molecule has 25 heavy (non-hydrogen) atoms. The number of carbonyl (C=O) groups excluding carboxylic acids is 3. The van der Waals surface area contributed by atoms with Gasteiger partial charge in [-0.3, -0.25) is 10.1 Å². The van der Waals surface area contributed by atoms with Crippen LogP contribution in [0.25, 0.3) is 0 Å². The zero-order chi connectivity index (χ0) is 18.4. The van der Waals surface area contributed by atoms with Crippen LogP contribution in [0.15, 0.2) is 6.07 Å². The molecule has 1 aliphatic rings. The van der Waals surface area contributed by atoms with Crippen molar-refractivity contribution in [2.24, 2.45) is 0 Å². The molecule has 0 aromatic carbocycles. The highest BCUT2D eigenvalue weighted by Gasteiger charge is 2.23. The van der Waals surface area contributed by atoms with Crippen LogP contribution in [-0.2, 0) is 16.0 Å². The van der Waals surface area contributed by atoms with Gasteiger partial charge in [-0.25, -0.2) is 9.59 Å². The van der Waals surface area contributed by atoms with Crippen molar-refractivity contribution in [1.29, 1.82) is 0 Å². The van der Waals surface area contributed by atoms with Gasteiger partial charge >= 0.3 is 12.0 Å². The highest BCUT2D eigenvalue weighted by atomic mass is 32.1. The van der Waals surface area contributed by atoms with Gasteiger partial charge in [0.2, 0.25) is 0 Å². The van der Waals surface area contributed by atoms with Crippen molar-refractivity contribution in [1.82, 2.24) is 10.6 Å². The molecular weight excluding hydrogens is 340 g/mol. The van der Waals surface area contributed by atoms with E-state index in [1.807, 2.05) is 13.8 Å². The maximum absolute atomic E-state index is 12.2. The fourth-order valence-electron chi connectivity index (χ4n) is 2.93. The van der Waals surface area contributed by atoms with Crippen molar-refractivity contribution in [3.8, 4) is 0 Å². The number of rotatable bonds is 5. The number of amides is 3. The number of hydrogen-bond donors (Lipinski definition) is 2. The quantitative estimate of drug-likeness (QED) is 0.783. The number of nitrogens with one attached hydrogen (secondary N) is 2. The average molecular weight is 366 g/mol. The molecule has 2 N–H and O–H groups in total. The van der Waals surface area contributed by atoms with Crippen molar-refractivity contribution in [2.45, 2.75) is 71.4 Å². The lowest BCUT2D eigenvalue weighted by molar-refractivity contribution is -0.127. The van der Waals surface area contributed by atoms with E-state index >= 15 is 0 Å². The summed E-state index contributed by atoms with van der Waals surface area (Å²) in [7, 11) is 0. The van der Waals surface area contributed by atoms with E-state index in [4.69, 9.17) is 4.74 Å². The van der Waals surface area contributed by atoms with E-state index in [1.54, 1.807) is 6.07 Å². The van der Waals surface area contributed by atoms with Crippen LogP contribution < -0.4 is 10.6 Å². The molecule has 1 atom stereocenters. The molecule has 0 bridgehead atoms. The Labute approximate surface area is 152 Å². The number of hydrogen-bond acceptors (Lipinski definition) is 5. The van der Waals surface area contributed by atoms with Gasteiger partial charge in [-0.05, 0) is 44.7 Å². The number of thiophene rings is 1. The van der Waals surface area contributed by atoms with Gasteiger partial charge in [0, 0.05) is 10.9 Å². The first kappa shape index (κ1) is 19.4.